The fourth-order valence-corrected chi connectivity index (χ4v) is 2.86. The summed E-state index contributed by atoms with van der Waals surface area (Å²) in [5, 5.41) is 9.02. The number of amides is 1. The van der Waals surface area contributed by atoms with Crippen molar-refractivity contribution in [2.75, 3.05) is 0 Å². The second-order valence-corrected chi connectivity index (χ2v) is 6.36. The lowest BCUT2D eigenvalue weighted by atomic mass is 9.90. The Morgan fingerprint density at radius 2 is 1.71 bits per heavy atom. The maximum Gasteiger partial charge on any atom is 0.307 e. The predicted octanol–water partition coefficient (Wildman–Crippen LogP) is 2.75. The smallest absolute Gasteiger partial charge is 0.307 e. The van der Waals surface area contributed by atoms with Crippen molar-refractivity contribution in [3.63, 3.8) is 0 Å². The van der Waals surface area contributed by atoms with Crippen molar-refractivity contribution in [1.29, 1.82) is 0 Å². The second kappa shape index (κ2) is 7.18. The second-order valence-electron chi connectivity index (χ2n) is 4.55. The minimum absolute atomic E-state index is 0.0562. The van der Waals surface area contributed by atoms with Gasteiger partial charge >= 0.3 is 5.97 Å². The van der Waals surface area contributed by atoms with Gasteiger partial charge in [0.25, 0.3) is 0 Å². The molecule has 0 aliphatic carbocycles. The molecule has 1 amide bonds. The third-order valence-electron chi connectivity index (χ3n) is 2.94. The van der Waals surface area contributed by atoms with Gasteiger partial charge in [-0.3, -0.25) is 9.59 Å². The molecule has 4 nitrogen and oxygen atoms in total. The van der Waals surface area contributed by atoms with Crippen molar-refractivity contribution in [2.45, 2.75) is 51.1 Å². The van der Waals surface area contributed by atoms with Gasteiger partial charge in [-0.25, -0.2) is 0 Å². The Labute approximate surface area is 117 Å². The molecular formula is C12H22INO3. The van der Waals surface area contributed by atoms with E-state index in [9.17, 15) is 9.59 Å². The summed E-state index contributed by atoms with van der Waals surface area (Å²) < 4.78 is 0.0649. The Hall–Kier alpha value is -0.330. The molecule has 17 heavy (non-hydrogen) atoms. The van der Waals surface area contributed by atoms with Crippen molar-refractivity contribution in [3.05, 3.63) is 0 Å². The number of alkyl halides is 1. The molecule has 0 bridgehead atoms. The maximum atomic E-state index is 12.4. The highest BCUT2D eigenvalue weighted by molar-refractivity contribution is 14.1. The monoisotopic (exact) mass is 355 g/mol. The van der Waals surface area contributed by atoms with Crippen LogP contribution >= 0.6 is 22.6 Å². The van der Waals surface area contributed by atoms with Crippen LogP contribution in [0.3, 0.4) is 0 Å². The summed E-state index contributed by atoms with van der Waals surface area (Å²) in [5.41, 5.74) is 0. The van der Waals surface area contributed by atoms with Crippen LogP contribution in [-0.2, 0) is 9.59 Å². The Morgan fingerprint density at radius 1 is 1.24 bits per heavy atom. The Morgan fingerprint density at radius 3 is 1.94 bits per heavy atom. The van der Waals surface area contributed by atoms with Gasteiger partial charge in [0.2, 0.25) is 5.91 Å². The zero-order valence-corrected chi connectivity index (χ0v) is 13.3. The average molecular weight is 355 g/mol. The van der Waals surface area contributed by atoms with E-state index in [-0.39, 0.29) is 16.0 Å². The van der Waals surface area contributed by atoms with E-state index in [1.165, 1.54) is 0 Å². The molecule has 0 aliphatic rings. The largest absolute Gasteiger partial charge is 0.481 e. The number of aliphatic carboxylic acids is 1. The fourth-order valence-electron chi connectivity index (χ4n) is 1.95. The van der Waals surface area contributed by atoms with Gasteiger partial charge in [0.05, 0.1) is 15.9 Å². The van der Waals surface area contributed by atoms with Crippen LogP contribution in [-0.4, -0.2) is 32.0 Å². The van der Waals surface area contributed by atoms with E-state index in [1.54, 1.807) is 11.8 Å². The Balaban J connectivity index is 5.01. The third kappa shape index (κ3) is 4.44. The van der Waals surface area contributed by atoms with E-state index >= 15 is 0 Å². The molecule has 0 fully saturated rings. The molecule has 0 spiro atoms. The minimum Gasteiger partial charge on any atom is -0.481 e. The number of carboxylic acid groups (broad SMARTS) is 1. The summed E-state index contributed by atoms with van der Waals surface area (Å²) >= 11 is 2.18. The molecule has 0 rings (SSSR count). The standard InChI is InChI=1S/C12H22INO3/c1-6-10(8(4)12(16)17)11(15)14(7(2)3)9(5)13/h7-10H,6H2,1-5H3,(H,16,17). The number of hydrogen-bond donors (Lipinski definition) is 1. The third-order valence-corrected chi connectivity index (χ3v) is 3.54. The maximum absolute atomic E-state index is 12.4. The van der Waals surface area contributed by atoms with Crippen molar-refractivity contribution < 1.29 is 14.7 Å². The highest BCUT2D eigenvalue weighted by Gasteiger charge is 2.34. The van der Waals surface area contributed by atoms with Gasteiger partial charge in [0.15, 0.2) is 0 Å². The molecule has 0 radical (unpaired) electrons. The zero-order chi connectivity index (χ0) is 13.7. The van der Waals surface area contributed by atoms with E-state index in [4.69, 9.17) is 5.11 Å². The molecule has 1 N–H and O–H groups in total. The van der Waals surface area contributed by atoms with Crippen molar-refractivity contribution in [2.24, 2.45) is 11.8 Å². The number of halogens is 1. The topological polar surface area (TPSA) is 57.6 Å². The van der Waals surface area contributed by atoms with Gasteiger partial charge in [-0.1, -0.05) is 36.4 Å². The van der Waals surface area contributed by atoms with Crippen LogP contribution in [0.2, 0.25) is 0 Å². The van der Waals surface area contributed by atoms with Crippen LogP contribution in [0.1, 0.15) is 41.0 Å². The van der Waals surface area contributed by atoms with Crippen molar-refractivity contribution >= 4 is 34.5 Å². The quantitative estimate of drug-likeness (QED) is 0.453. The molecule has 3 atom stereocenters. The molecule has 0 aromatic heterocycles. The van der Waals surface area contributed by atoms with E-state index < -0.39 is 17.8 Å². The van der Waals surface area contributed by atoms with E-state index in [1.807, 2.05) is 27.7 Å². The molecule has 0 heterocycles. The highest BCUT2D eigenvalue weighted by atomic mass is 127. The molecular weight excluding hydrogens is 333 g/mol. The molecule has 0 aromatic carbocycles. The summed E-state index contributed by atoms with van der Waals surface area (Å²) in [6, 6.07) is 0.0874. The minimum atomic E-state index is -0.907. The van der Waals surface area contributed by atoms with Gasteiger partial charge in [-0.05, 0) is 27.2 Å². The number of rotatable bonds is 6. The molecule has 100 valence electrons. The summed E-state index contributed by atoms with van der Waals surface area (Å²) in [5.74, 6) is -2.04. The van der Waals surface area contributed by atoms with Gasteiger partial charge in [-0.15, -0.1) is 0 Å². The first-order valence-electron chi connectivity index (χ1n) is 5.93. The van der Waals surface area contributed by atoms with Gasteiger partial charge in [0, 0.05) is 6.04 Å². The lowest BCUT2D eigenvalue weighted by Crippen LogP contribution is -2.46. The summed E-state index contributed by atoms with van der Waals surface area (Å²) in [7, 11) is 0. The SMILES string of the molecule is CCC(C(=O)N(C(C)C)C(C)I)C(C)C(=O)O. The van der Waals surface area contributed by atoms with Crippen LogP contribution in [0, 0.1) is 11.8 Å². The van der Waals surface area contributed by atoms with Crippen LogP contribution in [0.15, 0.2) is 0 Å². The van der Waals surface area contributed by atoms with E-state index in [0.29, 0.717) is 6.42 Å². The number of carboxylic acids is 1. The van der Waals surface area contributed by atoms with E-state index in [2.05, 4.69) is 22.6 Å². The summed E-state index contributed by atoms with van der Waals surface area (Å²) in [6.45, 7) is 9.30. The normalized spacial score (nSPS) is 16.4. The van der Waals surface area contributed by atoms with Crippen LogP contribution in [0.4, 0.5) is 0 Å². The lowest BCUT2D eigenvalue weighted by Gasteiger charge is -2.34. The zero-order valence-electron chi connectivity index (χ0n) is 11.1. The molecule has 0 saturated heterocycles. The fraction of sp³-hybridized carbons (Fsp3) is 0.833. The van der Waals surface area contributed by atoms with Gasteiger partial charge < -0.3 is 10.0 Å². The molecule has 5 heteroatoms. The number of carbonyl (C=O) groups is 2. The van der Waals surface area contributed by atoms with E-state index in [0.717, 1.165) is 0 Å². The van der Waals surface area contributed by atoms with Gasteiger partial charge in [0.1, 0.15) is 0 Å². The van der Waals surface area contributed by atoms with Crippen molar-refractivity contribution in [1.82, 2.24) is 4.90 Å². The predicted molar refractivity (Wildman–Crippen MR) is 76.0 cm³/mol. The summed E-state index contributed by atoms with van der Waals surface area (Å²) in [6.07, 6.45) is 0.554. The number of hydrogen-bond acceptors (Lipinski definition) is 2. The Kier molecular flexibility index (Phi) is 7.04. The first kappa shape index (κ1) is 16.7. The molecule has 3 unspecified atom stereocenters. The van der Waals surface area contributed by atoms with Crippen LogP contribution < -0.4 is 0 Å². The first-order valence-corrected chi connectivity index (χ1v) is 7.17. The molecule has 0 saturated carbocycles. The molecule has 0 aromatic rings. The van der Waals surface area contributed by atoms with Crippen LogP contribution in [0.25, 0.3) is 0 Å². The van der Waals surface area contributed by atoms with Crippen LogP contribution in [0.5, 0.6) is 0 Å². The average Bonchev–Trinajstić information content (AvgIpc) is 2.16. The highest BCUT2D eigenvalue weighted by Crippen LogP contribution is 2.23. The number of carbonyl (C=O) groups excluding carboxylic acids is 1. The summed E-state index contributed by atoms with van der Waals surface area (Å²) in [4.78, 5) is 25.1. The lowest BCUT2D eigenvalue weighted by molar-refractivity contribution is -0.150. The Bertz CT molecular complexity index is 271. The first-order chi connectivity index (χ1) is 7.73. The molecule has 0 aliphatic heterocycles. The van der Waals surface area contributed by atoms with Crippen molar-refractivity contribution in [3.8, 4) is 0 Å². The van der Waals surface area contributed by atoms with Gasteiger partial charge in [-0.2, -0.15) is 0 Å². The number of nitrogens with zero attached hydrogens (tertiary/aromatic N) is 1.